The molecule has 0 unspecified atom stereocenters. The van der Waals surface area contributed by atoms with Gasteiger partial charge >= 0.3 is 18.3 Å². The molecule has 0 saturated carbocycles. The number of ether oxygens (including phenoxy) is 3. The van der Waals surface area contributed by atoms with E-state index in [1.54, 1.807) is 46.4 Å². The van der Waals surface area contributed by atoms with Gasteiger partial charge < -0.3 is 29.7 Å². The van der Waals surface area contributed by atoms with Crippen molar-refractivity contribution in [3.8, 4) is 11.1 Å². The highest BCUT2D eigenvalue weighted by Crippen LogP contribution is 2.44. The maximum absolute atomic E-state index is 14.3. The van der Waals surface area contributed by atoms with Crippen LogP contribution in [0.3, 0.4) is 0 Å². The second kappa shape index (κ2) is 16.8. The first-order valence-corrected chi connectivity index (χ1v) is 17.9. The molecule has 0 aliphatic heterocycles. The molecule has 0 fully saturated rings. The summed E-state index contributed by atoms with van der Waals surface area (Å²) < 4.78 is 17.4. The minimum absolute atomic E-state index is 0.0894. The van der Waals surface area contributed by atoms with Crippen molar-refractivity contribution in [1.29, 1.82) is 0 Å². The maximum atomic E-state index is 14.3. The summed E-state index contributed by atoms with van der Waals surface area (Å²) in [7, 11) is 0. The molecule has 1 aliphatic rings. The highest BCUT2D eigenvalue weighted by molar-refractivity contribution is 5.79. The van der Waals surface area contributed by atoms with Crippen LogP contribution in [0.1, 0.15) is 69.7 Å². The second-order valence-corrected chi connectivity index (χ2v) is 15.3. The van der Waals surface area contributed by atoms with Gasteiger partial charge in [0.1, 0.15) is 17.8 Å². The van der Waals surface area contributed by atoms with Gasteiger partial charge in [0.15, 0.2) is 0 Å². The monoisotopic (exact) mass is 705 g/mol. The number of hydrogen-bond donors (Lipinski definition) is 2. The van der Waals surface area contributed by atoms with Crippen molar-refractivity contribution >= 4 is 18.3 Å². The van der Waals surface area contributed by atoms with Crippen LogP contribution in [0, 0.1) is 0 Å². The molecule has 0 aromatic heterocycles. The molecule has 9 nitrogen and oxygen atoms in total. The molecule has 9 heteroatoms. The van der Waals surface area contributed by atoms with Crippen LogP contribution in [0.5, 0.6) is 0 Å². The molecule has 1 aliphatic carbocycles. The Balaban J connectivity index is 1.44. The van der Waals surface area contributed by atoms with E-state index >= 15 is 0 Å². The van der Waals surface area contributed by atoms with Gasteiger partial charge in [-0.1, -0.05) is 109 Å². The van der Waals surface area contributed by atoms with Crippen LogP contribution >= 0.6 is 0 Å². The number of nitrogens with zero attached hydrogens (tertiary/aromatic N) is 1. The highest BCUT2D eigenvalue weighted by atomic mass is 16.6. The summed E-state index contributed by atoms with van der Waals surface area (Å²) in [6, 6.07) is 34.8. The summed E-state index contributed by atoms with van der Waals surface area (Å²) in [5, 5.41) is 6.01. The zero-order valence-corrected chi connectivity index (χ0v) is 31.1. The molecule has 0 bridgehead atoms. The Morgan fingerprint density at radius 2 is 0.981 bits per heavy atom. The fourth-order valence-corrected chi connectivity index (χ4v) is 6.51. The van der Waals surface area contributed by atoms with Crippen LogP contribution in [-0.2, 0) is 27.1 Å². The predicted octanol–water partition coefficient (Wildman–Crippen LogP) is 8.51. The van der Waals surface area contributed by atoms with E-state index in [2.05, 4.69) is 34.9 Å². The lowest BCUT2D eigenvalue weighted by Gasteiger charge is -2.32. The van der Waals surface area contributed by atoms with Gasteiger partial charge in [-0.3, -0.25) is 0 Å². The van der Waals surface area contributed by atoms with Crippen LogP contribution < -0.4 is 10.6 Å². The molecule has 4 aromatic carbocycles. The lowest BCUT2D eigenvalue weighted by molar-refractivity contribution is 0.0461. The van der Waals surface area contributed by atoms with Crippen molar-refractivity contribution in [3.05, 3.63) is 131 Å². The number of carbonyl (C=O) groups excluding carboxylic acids is 3. The predicted molar refractivity (Wildman–Crippen MR) is 203 cm³/mol. The van der Waals surface area contributed by atoms with E-state index in [4.69, 9.17) is 14.2 Å². The second-order valence-electron chi connectivity index (χ2n) is 15.3. The molecule has 3 amide bonds. The molecule has 0 radical (unpaired) electrons. The molecule has 0 spiro atoms. The third-order valence-corrected chi connectivity index (χ3v) is 8.57. The molecule has 0 saturated heterocycles. The van der Waals surface area contributed by atoms with Crippen molar-refractivity contribution in [2.45, 2.75) is 83.6 Å². The SMILES string of the molecule is CC(C)(C)OC(=O)N[C@H](Cc1ccccc1)CN(C[C@H](Cc1ccccc1)NC(=O)OC(C)(C)C)C(=O)OCC1c2ccccc2-c2ccccc21. The van der Waals surface area contributed by atoms with Crippen LogP contribution in [-0.4, -0.2) is 66.2 Å². The summed E-state index contributed by atoms with van der Waals surface area (Å²) in [6.45, 7) is 11.1. The van der Waals surface area contributed by atoms with Crippen LogP contribution in [0.15, 0.2) is 109 Å². The fraction of sp³-hybridized carbons (Fsp3) is 0.372. The molecular weight excluding hydrogens is 654 g/mol. The van der Waals surface area contributed by atoms with Crippen molar-refractivity contribution in [2.24, 2.45) is 0 Å². The molecule has 0 heterocycles. The quantitative estimate of drug-likeness (QED) is 0.143. The Kier molecular flexibility index (Phi) is 12.3. The number of amides is 3. The van der Waals surface area contributed by atoms with Gasteiger partial charge in [-0.2, -0.15) is 0 Å². The fourth-order valence-electron chi connectivity index (χ4n) is 6.51. The zero-order chi connectivity index (χ0) is 37.3. The van der Waals surface area contributed by atoms with Crippen LogP contribution in [0.4, 0.5) is 14.4 Å². The van der Waals surface area contributed by atoms with Crippen LogP contribution in [0.25, 0.3) is 11.1 Å². The van der Waals surface area contributed by atoms with E-state index in [1.807, 2.05) is 84.9 Å². The lowest BCUT2D eigenvalue weighted by Crippen LogP contribution is -2.53. The molecule has 2 atom stereocenters. The van der Waals surface area contributed by atoms with E-state index in [9.17, 15) is 14.4 Å². The number of benzene rings is 4. The van der Waals surface area contributed by atoms with Gasteiger partial charge in [0.05, 0.1) is 12.1 Å². The molecule has 52 heavy (non-hydrogen) atoms. The van der Waals surface area contributed by atoms with Crippen molar-refractivity contribution in [3.63, 3.8) is 0 Å². The number of nitrogens with one attached hydrogen (secondary N) is 2. The number of carbonyl (C=O) groups is 3. The standard InChI is InChI=1S/C43H51N3O6/c1-42(2,3)51-39(47)44-32(25-30-17-9-7-10-18-30)27-46(28-33(26-31-19-11-8-12-20-31)45-40(48)52-43(4,5)6)41(49)50-29-38-36-23-15-13-21-34(36)35-22-14-16-24-37(35)38/h7-24,32-33,38H,25-29H2,1-6H3,(H,44,47)(H,45,48)/t32-,33+. The minimum atomic E-state index is -0.716. The molecular formula is C43H51N3O6. The summed E-state index contributed by atoms with van der Waals surface area (Å²) in [5.74, 6) is -0.141. The Morgan fingerprint density at radius 1 is 0.596 bits per heavy atom. The summed E-state index contributed by atoms with van der Waals surface area (Å²) in [5.41, 5.74) is 4.98. The summed E-state index contributed by atoms with van der Waals surface area (Å²) in [6.07, 6.45) is -0.885. The third-order valence-electron chi connectivity index (χ3n) is 8.57. The van der Waals surface area contributed by atoms with Gasteiger partial charge in [0, 0.05) is 19.0 Å². The zero-order valence-electron chi connectivity index (χ0n) is 31.1. The first-order valence-electron chi connectivity index (χ1n) is 17.9. The van der Waals surface area contributed by atoms with E-state index in [0.29, 0.717) is 12.8 Å². The van der Waals surface area contributed by atoms with Crippen molar-refractivity contribution in [1.82, 2.24) is 15.5 Å². The van der Waals surface area contributed by atoms with Gasteiger partial charge in [-0.25, -0.2) is 14.4 Å². The van der Waals surface area contributed by atoms with Gasteiger partial charge in [0.2, 0.25) is 0 Å². The Morgan fingerprint density at radius 3 is 1.38 bits per heavy atom. The molecule has 5 rings (SSSR count). The summed E-state index contributed by atoms with van der Waals surface area (Å²) in [4.78, 5) is 42.2. The van der Waals surface area contributed by atoms with E-state index in [1.165, 1.54) is 0 Å². The van der Waals surface area contributed by atoms with Crippen molar-refractivity contribution in [2.75, 3.05) is 19.7 Å². The van der Waals surface area contributed by atoms with Gasteiger partial charge in [-0.05, 0) is 87.8 Å². The minimum Gasteiger partial charge on any atom is -0.448 e. The van der Waals surface area contributed by atoms with Gasteiger partial charge in [-0.15, -0.1) is 0 Å². The number of rotatable bonds is 12. The van der Waals surface area contributed by atoms with Crippen LogP contribution in [0.2, 0.25) is 0 Å². The largest absolute Gasteiger partial charge is 0.448 e. The Labute approximate surface area is 307 Å². The average Bonchev–Trinajstić information content (AvgIpc) is 3.39. The third kappa shape index (κ3) is 11.1. The topological polar surface area (TPSA) is 106 Å². The van der Waals surface area contributed by atoms with Gasteiger partial charge in [0.25, 0.3) is 0 Å². The number of fused-ring (bicyclic) bond motifs is 3. The average molecular weight is 706 g/mol. The molecule has 274 valence electrons. The van der Waals surface area contributed by atoms with E-state index in [0.717, 1.165) is 33.4 Å². The molecule has 2 N–H and O–H groups in total. The van der Waals surface area contributed by atoms with Crippen molar-refractivity contribution < 1.29 is 28.6 Å². The molecule has 4 aromatic rings. The lowest BCUT2D eigenvalue weighted by atomic mass is 9.98. The van der Waals surface area contributed by atoms with E-state index in [-0.39, 0.29) is 25.6 Å². The first-order chi connectivity index (χ1) is 24.7. The highest BCUT2D eigenvalue weighted by Gasteiger charge is 2.32. The first kappa shape index (κ1) is 37.9. The number of hydrogen-bond acceptors (Lipinski definition) is 6. The Hall–Kier alpha value is -5.31. The maximum Gasteiger partial charge on any atom is 0.409 e. The van der Waals surface area contributed by atoms with E-state index < -0.39 is 41.6 Å². The number of alkyl carbamates (subject to hydrolysis) is 2. The normalized spacial score (nSPS) is 13.6. The summed E-state index contributed by atoms with van der Waals surface area (Å²) >= 11 is 0. The smallest absolute Gasteiger partial charge is 0.409 e. The Bertz CT molecular complexity index is 1680.